The van der Waals surface area contributed by atoms with Crippen LogP contribution in [0.2, 0.25) is 0 Å². The van der Waals surface area contributed by atoms with Crippen molar-refractivity contribution >= 4 is 35.3 Å². The van der Waals surface area contributed by atoms with Crippen LogP contribution in [0, 0.1) is 12.8 Å². The predicted octanol–water partition coefficient (Wildman–Crippen LogP) is 5.95. The Morgan fingerprint density at radius 2 is 1.68 bits per heavy atom. The van der Waals surface area contributed by atoms with Gasteiger partial charge in [0.25, 0.3) is 0 Å². The Balaban J connectivity index is 1.08. The smallest absolute Gasteiger partial charge is 0.322 e. The van der Waals surface area contributed by atoms with E-state index in [2.05, 4.69) is 41.4 Å². The lowest BCUT2D eigenvalue weighted by atomic mass is 9.88. The van der Waals surface area contributed by atoms with E-state index >= 15 is 0 Å². The first-order chi connectivity index (χ1) is 19.5. The highest BCUT2D eigenvalue weighted by atomic mass is 32.2. The van der Waals surface area contributed by atoms with Gasteiger partial charge in [-0.05, 0) is 61.3 Å². The van der Waals surface area contributed by atoms with Gasteiger partial charge in [-0.1, -0.05) is 61.7 Å². The van der Waals surface area contributed by atoms with Gasteiger partial charge in [-0.25, -0.2) is 4.79 Å². The molecule has 2 saturated heterocycles. The number of para-hydroxylation sites is 1. The topological polar surface area (TPSA) is 73.0 Å². The molecule has 2 aromatic carbocycles. The highest BCUT2D eigenvalue weighted by Gasteiger charge is 2.44. The molecule has 2 aromatic rings. The summed E-state index contributed by atoms with van der Waals surface area (Å²) in [5.74, 6) is 0.730. The number of carbonyl (C=O) groups is 3. The molecule has 0 radical (unpaired) electrons. The molecule has 212 valence electrons. The van der Waals surface area contributed by atoms with E-state index in [0.29, 0.717) is 25.6 Å². The minimum Gasteiger partial charge on any atom is -0.342 e. The largest absolute Gasteiger partial charge is 0.342 e. The predicted molar refractivity (Wildman–Crippen MR) is 159 cm³/mol. The molecule has 2 unspecified atom stereocenters. The molecule has 8 heteroatoms. The van der Waals surface area contributed by atoms with Crippen LogP contribution in [0.25, 0.3) is 0 Å². The van der Waals surface area contributed by atoms with E-state index in [0.717, 1.165) is 30.6 Å². The number of thioether (sulfide) groups is 1. The van der Waals surface area contributed by atoms with Crippen molar-refractivity contribution in [2.75, 3.05) is 25.0 Å². The number of anilines is 1. The monoisotopic (exact) mass is 560 g/mol. The summed E-state index contributed by atoms with van der Waals surface area (Å²) in [5, 5.41) is 2.64. The van der Waals surface area contributed by atoms with Crippen LogP contribution in [0.3, 0.4) is 0 Å². The van der Waals surface area contributed by atoms with Gasteiger partial charge >= 0.3 is 6.03 Å². The number of urea groups is 1. The Kier molecular flexibility index (Phi) is 8.05. The lowest BCUT2D eigenvalue weighted by molar-refractivity contribution is -0.137. The Morgan fingerprint density at radius 1 is 0.950 bits per heavy atom. The van der Waals surface area contributed by atoms with Crippen LogP contribution in [-0.2, 0) is 16.1 Å². The van der Waals surface area contributed by atoms with Crippen LogP contribution in [0.15, 0.2) is 48.5 Å². The second-order valence-corrected chi connectivity index (χ2v) is 13.1. The zero-order chi connectivity index (χ0) is 27.6. The number of benzene rings is 2. The van der Waals surface area contributed by atoms with Crippen LogP contribution in [0.5, 0.6) is 0 Å². The van der Waals surface area contributed by atoms with Gasteiger partial charge in [0.1, 0.15) is 5.37 Å². The molecule has 1 aliphatic carbocycles. The number of piperidine rings is 1. The van der Waals surface area contributed by atoms with Crippen LogP contribution in [0.4, 0.5) is 10.5 Å². The molecule has 7 nitrogen and oxygen atoms in total. The summed E-state index contributed by atoms with van der Waals surface area (Å²) in [4.78, 5) is 45.9. The van der Waals surface area contributed by atoms with E-state index in [1.807, 2.05) is 34.1 Å². The first kappa shape index (κ1) is 27.2. The third-order valence-corrected chi connectivity index (χ3v) is 10.7. The molecule has 4 amide bonds. The van der Waals surface area contributed by atoms with Crippen LogP contribution in [0.1, 0.15) is 73.4 Å². The van der Waals surface area contributed by atoms with Crippen molar-refractivity contribution < 1.29 is 14.4 Å². The number of likely N-dealkylation sites (tertiary alicyclic amines) is 1. The van der Waals surface area contributed by atoms with Gasteiger partial charge < -0.3 is 20.0 Å². The Hall–Kier alpha value is -3.00. The van der Waals surface area contributed by atoms with Crippen LogP contribution in [-0.4, -0.2) is 63.5 Å². The highest BCUT2D eigenvalue weighted by Crippen LogP contribution is 2.46. The summed E-state index contributed by atoms with van der Waals surface area (Å²) in [6.07, 6.45) is 7.93. The Bertz CT molecular complexity index is 1250. The molecule has 4 aliphatic rings. The lowest BCUT2D eigenvalue weighted by Crippen LogP contribution is -2.51. The molecule has 1 N–H and O–H groups in total. The minimum atomic E-state index is -0.345. The van der Waals surface area contributed by atoms with Crippen LogP contribution >= 0.6 is 11.8 Å². The number of amides is 4. The molecular formula is C32H40N4O3S. The fraction of sp³-hybridized carbons (Fsp3) is 0.531. The molecule has 40 heavy (non-hydrogen) atoms. The summed E-state index contributed by atoms with van der Waals surface area (Å²) in [5.41, 5.74) is 4.39. The minimum absolute atomic E-state index is 0.0281. The Morgan fingerprint density at radius 3 is 2.45 bits per heavy atom. The molecule has 0 spiro atoms. The van der Waals surface area contributed by atoms with Crippen molar-refractivity contribution in [1.29, 1.82) is 0 Å². The number of hydrogen-bond donors (Lipinski definition) is 1. The van der Waals surface area contributed by atoms with Gasteiger partial charge in [0, 0.05) is 44.3 Å². The van der Waals surface area contributed by atoms with E-state index in [4.69, 9.17) is 0 Å². The molecule has 3 fully saturated rings. The van der Waals surface area contributed by atoms with E-state index in [9.17, 15) is 14.4 Å². The summed E-state index contributed by atoms with van der Waals surface area (Å²) in [6.45, 7) is 4.75. The third-order valence-electron chi connectivity index (χ3n) is 9.25. The maximum atomic E-state index is 13.8. The van der Waals surface area contributed by atoms with Gasteiger partial charge in [-0.15, -0.1) is 11.8 Å². The molecule has 6 rings (SSSR count). The maximum Gasteiger partial charge on any atom is 0.322 e. The van der Waals surface area contributed by atoms with Crippen molar-refractivity contribution in [3.8, 4) is 0 Å². The second-order valence-electron chi connectivity index (χ2n) is 11.9. The van der Waals surface area contributed by atoms with E-state index in [1.54, 1.807) is 11.8 Å². The van der Waals surface area contributed by atoms with Crippen molar-refractivity contribution in [2.45, 2.75) is 81.5 Å². The molecule has 3 heterocycles. The number of fused-ring (bicyclic) bond motifs is 1. The highest BCUT2D eigenvalue weighted by molar-refractivity contribution is 8.01. The van der Waals surface area contributed by atoms with Gasteiger partial charge in [0.15, 0.2) is 0 Å². The number of carbonyl (C=O) groups excluding carboxylic acids is 3. The third kappa shape index (κ3) is 5.60. The van der Waals surface area contributed by atoms with Crippen molar-refractivity contribution in [1.82, 2.24) is 14.7 Å². The molecular weight excluding hydrogens is 520 g/mol. The number of nitrogens with one attached hydrogen (secondary N) is 1. The first-order valence-electron chi connectivity index (χ1n) is 14.9. The molecule has 0 bridgehead atoms. The van der Waals surface area contributed by atoms with Gasteiger partial charge in [0.05, 0.1) is 5.25 Å². The van der Waals surface area contributed by atoms with E-state index < -0.39 is 0 Å². The molecule has 1 saturated carbocycles. The zero-order valence-electron chi connectivity index (χ0n) is 23.4. The Labute approximate surface area is 241 Å². The first-order valence-corrected chi connectivity index (χ1v) is 15.9. The average Bonchev–Trinajstić information content (AvgIpc) is 3.27. The fourth-order valence-corrected chi connectivity index (χ4v) is 8.44. The lowest BCUT2D eigenvalue weighted by Gasteiger charge is -2.40. The number of aryl methyl sites for hydroxylation is 1. The normalized spacial score (nSPS) is 24.3. The summed E-state index contributed by atoms with van der Waals surface area (Å²) < 4.78 is 0. The summed E-state index contributed by atoms with van der Waals surface area (Å²) in [6, 6.07) is 16.3. The van der Waals surface area contributed by atoms with Crippen LogP contribution < -0.4 is 5.32 Å². The second kappa shape index (κ2) is 11.9. The summed E-state index contributed by atoms with van der Waals surface area (Å²) >= 11 is 1.66. The standard InChI is InChI=1S/C32H40N4O3S/c1-22-9-5-7-13-26(22)31-36(20-23-10-3-2-4-11-23)30(38)28(40-31)19-29(37)34-17-15-25(16-18-34)35-21-24-12-6-8-14-27(24)33-32(35)39/h5-9,12-14,23,25,28,31H,2-4,10-11,15-21H2,1H3,(H,33,39). The summed E-state index contributed by atoms with van der Waals surface area (Å²) in [7, 11) is 0. The maximum absolute atomic E-state index is 13.8. The van der Waals surface area contributed by atoms with Gasteiger partial charge in [0.2, 0.25) is 11.8 Å². The fourth-order valence-electron chi connectivity index (χ4n) is 6.89. The number of rotatable bonds is 6. The average molecular weight is 561 g/mol. The SMILES string of the molecule is Cc1ccccc1C1SC(CC(=O)N2CCC(N3Cc4ccccc4NC3=O)CC2)C(=O)N1CC1CCCCC1. The van der Waals surface area contributed by atoms with Crippen molar-refractivity contribution in [3.63, 3.8) is 0 Å². The van der Waals surface area contributed by atoms with E-state index in [1.165, 1.54) is 43.2 Å². The molecule has 0 aromatic heterocycles. The number of hydrogen-bond acceptors (Lipinski definition) is 4. The molecule has 2 atom stereocenters. The zero-order valence-corrected chi connectivity index (χ0v) is 24.2. The number of nitrogens with zero attached hydrogens (tertiary/aromatic N) is 3. The van der Waals surface area contributed by atoms with E-state index in [-0.39, 0.29) is 40.9 Å². The van der Waals surface area contributed by atoms with Crippen molar-refractivity contribution in [2.24, 2.45) is 5.92 Å². The van der Waals surface area contributed by atoms with Crippen molar-refractivity contribution in [3.05, 3.63) is 65.2 Å². The van der Waals surface area contributed by atoms with Gasteiger partial charge in [-0.2, -0.15) is 0 Å². The van der Waals surface area contributed by atoms with Gasteiger partial charge in [-0.3, -0.25) is 9.59 Å². The molecule has 3 aliphatic heterocycles. The quantitative estimate of drug-likeness (QED) is 0.474.